The Kier molecular flexibility index (Phi) is 7.95. The van der Waals surface area contributed by atoms with Gasteiger partial charge in [-0.3, -0.25) is 15.0 Å². The highest BCUT2D eigenvalue weighted by Crippen LogP contribution is 2.38. The lowest BCUT2D eigenvalue weighted by Crippen LogP contribution is -2.12. The fourth-order valence-electron chi connectivity index (χ4n) is 8.88. The van der Waals surface area contributed by atoms with E-state index in [9.17, 15) is 0 Å². The largest absolute Gasteiger partial charge is 0.374 e. The Morgan fingerprint density at radius 1 is 0.500 bits per heavy atom. The van der Waals surface area contributed by atoms with Crippen LogP contribution in [0.3, 0.4) is 0 Å². The number of fused-ring (bicyclic) bond motifs is 8. The number of aromatic nitrogens is 5. The predicted molar refractivity (Wildman–Crippen MR) is 247 cm³/mol. The Morgan fingerprint density at radius 2 is 1.17 bits per heavy atom. The summed E-state index contributed by atoms with van der Waals surface area (Å²) in [5.41, 5.74) is 15.7. The lowest BCUT2D eigenvalue weighted by atomic mass is 9.89. The summed E-state index contributed by atoms with van der Waals surface area (Å²) in [4.78, 5) is 24.8. The summed E-state index contributed by atoms with van der Waals surface area (Å²) in [6, 6.07) is 51.4. The zero-order valence-corrected chi connectivity index (χ0v) is 32.5. The molecule has 0 spiro atoms. The highest BCUT2D eigenvalue weighted by molar-refractivity contribution is 6.04. The van der Waals surface area contributed by atoms with Gasteiger partial charge >= 0.3 is 0 Å². The van der Waals surface area contributed by atoms with Crippen molar-refractivity contribution in [3.63, 3.8) is 0 Å². The number of nitrogens with one attached hydrogen (secondary N) is 1. The molecule has 0 radical (unpaired) electrons. The molecule has 6 heteroatoms. The molecule has 10 aromatic rings. The summed E-state index contributed by atoms with van der Waals surface area (Å²) >= 11 is 0. The Labute approximate surface area is 346 Å². The summed E-state index contributed by atoms with van der Waals surface area (Å²) in [6.45, 7) is 0. The van der Waals surface area contributed by atoms with Crippen LogP contribution in [0, 0.1) is 0 Å². The van der Waals surface area contributed by atoms with Crippen molar-refractivity contribution in [3.8, 4) is 22.4 Å². The van der Waals surface area contributed by atoms with Crippen LogP contribution in [0.1, 0.15) is 40.9 Å². The molecule has 1 N–H and O–H groups in total. The fourth-order valence-corrected chi connectivity index (χ4v) is 8.88. The molecule has 5 aromatic heterocycles. The van der Waals surface area contributed by atoms with Crippen LogP contribution in [0.4, 0.5) is 5.69 Å². The smallest absolute Gasteiger partial charge is 0.0972 e. The number of rotatable bonds is 5. The molecule has 0 amide bonds. The molecule has 0 fully saturated rings. The lowest BCUT2D eigenvalue weighted by molar-refractivity contribution is 0.831. The van der Waals surface area contributed by atoms with E-state index < -0.39 is 0 Å². The zero-order valence-electron chi connectivity index (χ0n) is 32.5. The van der Waals surface area contributed by atoms with Gasteiger partial charge in [0.05, 0.1) is 45.0 Å². The molecule has 0 saturated heterocycles. The van der Waals surface area contributed by atoms with E-state index in [-0.39, 0.29) is 12.0 Å². The summed E-state index contributed by atoms with van der Waals surface area (Å²) in [7, 11) is 0. The van der Waals surface area contributed by atoms with Crippen molar-refractivity contribution in [3.05, 3.63) is 205 Å². The van der Waals surface area contributed by atoms with Crippen LogP contribution < -0.4 is 5.32 Å². The van der Waals surface area contributed by atoms with Gasteiger partial charge in [0.2, 0.25) is 0 Å². The minimum atomic E-state index is 0.00725. The van der Waals surface area contributed by atoms with Crippen LogP contribution >= 0.6 is 0 Å². The maximum absolute atomic E-state index is 5.27. The van der Waals surface area contributed by atoms with Gasteiger partial charge in [0.15, 0.2) is 0 Å². The van der Waals surface area contributed by atoms with Crippen LogP contribution in [0.2, 0.25) is 0 Å². The SMILES string of the molecule is C1=CC(c2ccc3ccc(C4C=Cc5ccc(-c6cccc(-c7ccc8ccc9cccnc9c8n7)c6)cc5N4)cc3n2)CC(c2ccc3ccc4cccnc4c3n2)=C1. The first-order valence-electron chi connectivity index (χ1n) is 20.4. The zero-order chi connectivity index (χ0) is 39.6. The third-order valence-electron chi connectivity index (χ3n) is 12.1. The first-order chi connectivity index (χ1) is 29.7. The standard InChI is InChI=1S/C54H36N6/c1-5-39(29-41(6-1)47-25-21-37-15-13-35-9-3-27-55-51(35)53(37)59-47)40-17-11-33-20-24-46(58-49(33)31-40)44-18-12-34-19-23-45(57-50(34)32-44)42-7-2-8-43(30-42)48-26-22-38-16-14-36-10-4-28-56-52(36)54(38)60-48/h1-29,31-32,42,46,58H,30H2. The first-order valence-corrected chi connectivity index (χ1v) is 20.4. The molecule has 6 nitrogen and oxygen atoms in total. The second-order valence-corrected chi connectivity index (χ2v) is 15.8. The molecule has 1 aliphatic heterocycles. The number of anilines is 1. The van der Waals surface area contributed by atoms with E-state index in [1.54, 1.807) is 0 Å². The number of allylic oxidation sites excluding steroid dienone is 4. The van der Waals surface area contributed by atoms with Gasteiger partial charge in [-0.1, -0.05) is 127 Å². The number of pyridine rings is 5. The maximum Gasteiger partial charge on any atom is 0.0972 e. The van der Waals surface area contributed by atoms with Crippen molar-refractivity contribution >= 4 is 71.9 Å². The Morgan fingerprint density at radius 3 is 1.97 bits per heavy atom. The van der Waals surface area contributed by atoms with E-state index in [0.717, 1.165) is 100 Å². The normalized spacial score (nSPS) is 16.0. The summed E-state index contributed by atoms with van der Waals surface area (Å²) in [6.07, 6.45) is 15.6. The van der Waals surface area contributed by atoms with Crippen molar-refractivity contribution in [1.29, 1.82) is 0 Å². The predicted octanol–water partition coefficient (Wildman–Crippen LogP) is 13.1. The van der Waals surface area contributed by atoms with Crippen LogP contribution in [0.25, 0.3) is 88.5 Å². The molecule has 6 heterocycles. The molecule has 60 heavy (non-hydrogen) atoms. The monoisotopic (exact) mass is 768 g/mol. The van der Waals surface area contributed by atoms with Gasteiger partial charge in [-0.2, -0.15) is 0 Å². The highest BCUT2D eigenvalue weighted by atomic mass is 14.9. The highest BCUT2D eigenvalue weighted by Gasteiger charge is 2.20. The molecular formula is C54H36N6. The van der Waals surface area contributed by atoms with Crippen LogP contribution in [-0.4, -0.2) is 24.9 Å². The quantitative estimate of drug-likeness (QED) is 0.176. The molecule has 12 rings (SSSR count). The molecule has 5 aromatic carbocycles. The van der Waals surface area contributed by atoms with Crippen molar-refractivity contribution in [2.45, 2.75) is 18.4 Å². The molecule has 0 saturated carbocycles. The van der Waals surface area contributed by atoms with Gasteiger partial charge in [-0.15, -0.1) is 0 Å². The molecule has 0 bridgehead atoms. The Balaban J connectivity index is 0.800. The van der Waals surface area contributed by atoms with Crippen molar-refractivity contribution < 1.29 is 0 Å². The summed E-state index contributed by atoms with van der Waals surface area (Å²) in [5.74, 6) is 0.145. The maximum atomic E-state index is 5.27. The number of hydrogen-bond acceptors (Lipinski definition) is 6. The van der Waals surface area contributed by atoms with Crippen molar-refractivity contribution in [2.24, 2.45) is 0 Å². The molecule has 2 unspecified atom stereocenters. The number of hydrogen-bond donors (Lipinski definition) is 1. The fraction of sp³-hybridized carbons (Fsp3) is 0.0556. The average Bonchev–Trinajstić information content (AvgIpc) is 3.33. The molecule has 282 valence electrons. The summed E-state index contributed by atoms with van der Waals surface area (Å²) < 4.78 is 0. The van der Waals surface area contributed by atoms with E-state index in [4.69, 9.17) is 15.0 Å². The third kappa shape index (κ3) is 6.00. The first kappa shape index (κ1) is 34.2. The Bertz CT molecular complexity index is 3470. The van der Waals surface area contributed by atoms with E-state index in [0.29, 0.717) is 0 Å². The van der Waals surface area contributed by atoms with Gasteiger partial charge in [0.25, 0.3) is 0 Å². The van der Waals surface area contributed by atoms with Gasteiger partial charge in [0.1, 0.15) is 0 Å². The third-order valence-corrected chi connectivity index (χ3v) is 12.1. The molecule has 2 atom stereocenters. The second-order valence-electron chi connectivity index (χ2n) is 15.8. The van der Waals surface area contributed by atoms with E-state index in [1.165, 1.54) is 16.7 Å². The minimum absolute atomic E-state index is 0.00725. The van der Waals surface area contributed by atoms with Gasteiger partial charge in [-0.25, -0.2) is 9.97 Å². The van der Waals surface area contributed by atoms with Crippen LogP contribution in [0.5, 0.6) is 0 Å². The minimum Gasteiger partial charge on any atom is -0.374 e. The molecule has 1 aliphatic carbocycles. The van der Waals surface area contributed by atoms with Gasteiger partial charge in [-0.05, 0) is 82.8 Å². The van der Waals surface area contributed by atoms with Crippen LogP contribution in [0.15, 0.2) is 182 Å². The van der Waals surface area contributed by atoms with Crippen LogP contribution in [-0.2, 0) is 0 Å². The topological polar surface area (TPSA) is 76.5 Å². The summed E-state index contributed by atoms with van der Waals surface area (Å²) in [5, 5.41) is 9.33. The van der Waals surface area contributed by atoms with E-state index in [2.05, 4.69) is 179 Å². The van der Waals surface area contributed by atoms with E-state index in [1.807, 2.05) is 24.5 Å². The number of benzene rings is 5. The average molecular weight is 769 g/mol. The number of nitrogens with zero attached hydrogens (tertiary/aromatic N) is 5. The van der Waals surface area contributed by atoms with Crippen molar-refractivity contribution in [2.75, 3.05) is 5.32 Å². The molecular weight excluding hydrogens is 733 g/mol. The second kappa shape index (κ2) is 13.9. The van der Waals surface area contributed by atoms with Gasteiger partial charge < -0.3 is 5.32 Å². The van der Waals surface area contributed by atoms with Gasteiger partial charge in [0, 0.05) is 62.2 Å². The molecule has 2 aliphatic rings. The lowest BCUT2D eigenvalue weighted by Gasteiger charge is -2.24. The van der Waals surface area contributed by atoms with Crippen molar-refractivity contribution in [1.82, 2.24) is 24.9 Å². The van der Waals surface area contributed by atoms with E-state index >= 15 is 0 Å². The Hall–Kier alpha value is -7.83.